The van der Waals surface area contributed by atoms with E-state index in [0.29, 0.717) is 12.1 Å². The van der Waals surface area contributed by atoms with Crippen LogP contribution in [0.2, 0.25) is 0 Å². The van der Waals surface area contributed by atoms with Crippen LogP contribution in [0.5, 0.6) is 0 Å². The van der Waals surface area contributed by atoms with Crippen molar-refractivity contribution in [2.45, 2.75) is 26.7 Å². The third kappa shape index (κ3) is 4.29. The van der Waals surface area contributed by atoms with Crippen molar-refractivity contribution in [3.63, 3.8) is 0 Å². The van der Waals surface area contributed by atoms with Crippen molar-refractivity contribution in [1.29, 1.82) is 0 Å². The topological polar surface area (TPSA) is 75.3 Å². The highest BCUT2D eigenvalue weighted by atomic mass is 32.1. The van der Waals surface area contributed by atoms with Crippen LogP contribution in [0.4, 0.5) is 5.69 Å². The molecule has 1 rings (SSSR count). The number of hydrogen-bond donors (Lipinski definition) is 3. The van der Waals surface area contributed by atoms with Crippen molar-refractivity contribution in [3.05, 3.63) is 29.8 Å². The maximum Gasteiger partial charge on any atom is 0.236 e. The monoisotopic (exact) mass is 280 g/mol. The predicted octanol–water partition coefficient (Wildman–Crippen LogP) is 1.86. The second-order valence-corrected chi connectivity index (χ2v) is 5.41. The van der Waals surface area contributed by atoms with E-state index in [2.05, 4.69) is 5.32 Å². The van der Waals surface area contributed by atoms with E-state index in [9.17, 15) is 4.79 Å². The molecule has 0 aromatic heterocycles. The van der Waals surface area contributed by atoms with Gasteiger partial charge in [-0.25, -0.2) is 0 Å². The molecule has 1 aromatic carbocycles. The van der Waals surface area contributed by atoms with Crippen molar-refractivity contribution in [3.8, 4) is 0 Å². The molecule has 0 saturated heterocycles. The number of thiocarbonyl (C=S) groups is 1. The van der Waals surface area contributed by atoms with Gasteiger partial charge in [-0.2, -0.15) is 0 Å². The molecule has 19 heavy (non-hydrogen) atoms. The first-order chi connectivity index (χ1) is 8.87. The minimum Gasteiger partial charge on any atom is -0.396 e. The van der Waals surface area contributed by atoms with Gasteiger partial charge < -0.3 is 16.2 Å². The Balaban J connectivity index is 2.77. The lowest BCUT2D eigenvalue weighted by atomic mass is 9.92. The Kier molecular flexibility index (Phi) is 5.44. The van der Waals surface area contributed by atoms with Crippen LogP contribution in [0.1, 0.15) is 25.8 Å². The highest BCUT2D eigenvalue weighted by Gasteiger charge is 2.30. The zero-order valence-electron chi connectivity index (χ0n) is 11.3. The van der Waals surface area contributed by atoms with Crippen molar-refractivity contribution >= 4 is 28.8 Å². The molecule has 0 bridgehead atoms. The zero-order valence-corrected chi connectivity index (χ0v) is 12.1. The number of hydrogen-bond acceptors (Lipinski definition) is 3. The molecule has 1 aromatic rings. The van der Waals surface area contributed by atoms with Gasteiger partial charge in [0, 0.05) is 12.3 Å². The van der Waals surface area contributed by atoms with Gasteiger partial charge in [0.15, 0.2) is 0 Å². The minimum atomic E-state index is -0.879. The van der Waals surface area contributed by atoms with Gasteiger partial charge >= 0.3 is 0 Å². The van der Waals surface area contributed by atoms with E-state index in [0.717, 1.165) is 12.0 Å². The first-order valence-electron chi connectivity index (χ1n) is 6.19. The van der Waals surface area contributed by atoms with Crippen LogP contribution >= 0.6 is 12.2 Å². The summed E-state index contributed by atoms with van der Waals surface area (Å²) >= 11 is 4.90. The molecule has 0 spiro atoms. The van der Waals surface area contributed by atoms with Crippen LogP contribution in [0.25, 0.3) is 0 Å². The van der Waals surface area contributed by atoms with Gasteiger partial charge in [0.1, 0.15) is 0 Å². The average molecular weight is 280 g/mol. The van der Waals surface area contributed by atoms with Crippen LogP contribution in [-0.2, 0) is 11.2 Å². The number of aliphatic hydroxyl groups is 1. The third-order valence-electron chi connectivity index (χ3n) is 2.99. The van der Waals surface area contributed by atoms with E-state index >= 15 is 0 Å². The Hall–Kier alpha value is -1.46. The summed E-state index contributed by atoms with van der Waals surface area (Å²) in [5.74, 6) is -0.223. The Morgan fingerprint density at radius 1 is 1.47 bits per heavy atom. The van der Waals surface area contributed by atoms with E-state index in [4.69, 9.17) is 23.1 Å². The second kappa shape index (κ2) is 6.63. The summed E-state index contributed by atoms with van der Waals surface area (Å²) in [6.07, 6.45) is 1.48. The fraction of sp³-hybridized carbons (Fsp3) is 0.429. The SMILES string of the molecule is CC(C)(C(=O)Nc1cccc(CCCO)c1)C(N)=S. The van der Waals surface area contributed by atoms with Gasteiger partial charge in [-0.15, -0.1) is 0 Å². The van der Waals surface area contributed by atoms with Crippen LogP contribution in [0.15, 0.2) is 24.3 Å². The van der Waals surface area contributed by atoms with Gasteiger partial charge in [-0.05, 0) is 44.4 Å². The standard InChI is InChI=1S/C14H20N2O2S/c1-14(2,12(15)19)13(18)16-11-7-3-5-10(9-11)6-4-8-17/h3,5,7,9,17H,4,6,8H2,1-2H3,(H2,15,19)(H,16,18). The molecule has 1 amide bonds. The van der Waals surface area contributed by atoms with Gasteiger partial charge in [0.05, 0.1) is 10.4 Å². The molecule has 0 atom stereocenters. The quantitative estimate of drug-likeness (QED) is 0.695. The number of amides is 1. The first-order valence-corrected chi connectivity index (χ1v) is 6.60. The summed E-state index contributed by atoms with van der Waals surface area (Å²) in [5, 5.41) is 11.6. The molecule has 4 nitrogen and oxygen atoms in total. The molecule has 0 fully saturated rings. The lowest BCUT2D eigenvalue weighted by Crippen LogP contribution is -2.41. The zero-order chi connectivity index (χ0) is 14.5. The Bertz CT molecular complexity index is 472. The number of carbonyl (C=O) groups excluding carboxylic acids is 1. The maximum absolute atomic E-state index is 12.1. The molecule has 0 aliphatic carbocycles. The predicted molar refractivity (Wildman–Crippen MR) is 81.0 cm³/mol. The molecule has 0 unspecified atom stereocenters. The number of aryl methyl sites for hydroxylation is 1. The molecular formula is C14H20N2O2S. The van der Waals surface area contributed by atoms with Crippen molar-refractivity contribution < 1.29 is 9.90 Å². The average Bonchev–Trinajstić information content (AvgIpc) is 2.36. The molecule has 0 radical (unpaired) electrons. The Morgan fingerprint density at radius 3 is 2.74 bits per heavy atom. The van der Waals surface area contributed by atoms with Crippen molar-refractivity contribution in [1.82, 2.24) is 0 Å². The number of benzene rings is 1. The summed E-state index contributed by atoms with van der Waals surface area (Å²) in [6, 6.07) is 7.54. The number of nitrogens with one attached hydrogen (secondary N) is 1. The highest BCUT2D eigenvalue weighted by molar-refractivity contribution is 7.80. The lowest BCUT2D eigenvalue weighted by molar-refractivity contribution is -0.121. The maximum atomic E-state index is 12.1. The van der Waals surface area contributed by atoms with E-state index in [1.807, 2.05) is 24.3 Å². The largest absolute Gasteiger partial charge is 0.396 e. The fourth-order valence-corrected chi connectivity index (χ4v) is 1.58. The molecule has 0 heterocycles. The third-order valence-corrected chi connectivity index (χ3v) is 3.50. The first kappa shape index (κ1) is 15.6. The molecule has 0 aliphatic heterocycles. The number of anilines is 1. The normalized spacial score (nSPS) is 11.1. The van der Waals surface area contributed by atoms with Gasteiger partial charge in [0.25, 0.3) is 0 Å². The molecule has 5 heteroatoms. The van der Waals surface area contributed by atoms with Crippen LogP contribution in [0.3, 0.4) is 0 Å². The summed E-state index contributed by atoms with van der Waals surface area (Å²) < 4.78 is 0. The van der Waals surface area contributed by atoms with Gasteiger partial charge in [0.2, 0.25) is 5.91 Å². The minimum absolute atomic E-state index is 0.158. The van der Waals surface area contributed by atoms with Crippen LogP contribution in [-0.4, -0.2) is 22.6 Å². The fourth-order valence-electron chi connectivity index (χ4n) is 1.49. The number of carbonyl (C=O) groups is 1. The Morgan fingerprint density at radius 2 is 2.16 bits per heavy atom. The molecule has 4 N–H and O–H groups in total. The van der Waals surface area contributed by atoms with E-state index < -0.39 is 5.41 Å². The summed E-state index contributed by atoms with van der Waals surface area (Å²) in [6.45, 7) is 3.55. The lowest BCUT2D eigenvalue weighted by Gasteiger charge is -2.22. The summed E-state index contributed by atoms with van der Waals surface area (Å²) in [4.78, 5) is 12.3. The summed E-state index contributed by atoms with van der Waals surface area (Å²) in [5.41, 5.74) is 6.47. The van der Waals surface area contributed by atoms with Gasteiger partial charge in [-0.3, -0.25) is 4.79 Å². The molecule has 0 aliphatic rings. The van der Waals surface area contributed by atoms with Gasteiger partial charge in [-0.1, -0.05) is 24.4 Å². The molecular weight excluding hydrogens is 260 g/mol. The summed E-state index contributed by atoms with van der Waals surface area (Å²) in [7, 11) is 0. The molecule has 104 valence electrons. The number of rotatable bonds is 6. The smallest absolute Gasteiger partial charge is 0.236 e. The van der Waals surface area contributed by atoms with E-state index in [1.54, 1.807) is 13.8 Å². The van der Waals surface area contributed by atoms with Crippen molar-refractivity contribution in [2.24, 2.45) is 11.1 Å². The van der Waals surface area contributed by atoms with E-state index in [-0.39, 0.29) is 17.5 Å². The van der Waals surface area contributed by atoms with E-state index in [1.165, 1.54) is 0 Å². The number of aliphatic hydroxyl groups excluding tert-OH is 1. The Labute approximate surface area is 119 Å². The second-order valence-electron chi connectivity index (χ2n) is 4.97. The number of nitrogens with two attached hydrogens (primary N) is 1. The highest BCUT2D eigenvalue weighted by Crippen LogP contribution is 2.20. The molecule has 0 saturated carbocycles. The van der Waals surface area contributed by atoms with Crippen LogP contribution in [0, 0.1) is 5.41 Å². The van der Waals surface area contributed by atoms with Crippen LogP contribution < -0.4 is 11.1 Å². The van der Waals surface area contributed by atoms with Crippen molar-refractivity contribution in [2.75, 3.05) is 11.9 Å².